The van der Waals surface area contributed by atoms with E-state index in [2.05, 4.69) is 5.32 Å². The van der Waals surface area contributed by atoms with Gasteiger partial charge in [-0.15, -0.1) is 0 Å². The number of hydrogen-bond donors (Lipinski definition) is 1. The van der Waals surface area contributed by atoms with E-state index in [-0.39, 0.29) is 18.7 Å². The smallest absolute Gasteiger partial charge is 0.309 e. The number of nitrogens with zero attached hydrogens (tertiary/aromatic N) is 1. The Bertz CT molecular complexity index is 1240. The molecule has 1 aliphatic heterocycles. The predicted molar refractivity (Wildman–Crippen MR) is 128 cm³/mol. The van der Waals surface area contributed by atoms with E-state index in [9.17, 15) is 23.2 Å². The van der Waals surface area contributed by atoms with Crippen molar-refractivity contribution in [2.75, 3.05) is 25.0 Å². The number of carbonyl (C=O) groups is 3. The fourth-order valence-electron chi connectivity index (χ4n) is 3.87. The van der Waals surface area contributed by atoms with Gasteiger partial charge in [-0.2, -0.15) is 0 Å². The first-order chi connectivity index (χ1) is 17.4. The van der Waals surface area contributed by atoms with Crippen molar-refractivity contribution in [3.8, 4) is 11.5 Å². The van der Waals surface area contributed by atoms with Crippen LogP contribution in [0.1, 0.15) is 23.2 Å². The highest BCUT2D eigenvalue weighted by Gasteiger charge is 2.30. The first-order valence-electron chi connectivity index (χ1n) is 11.4. The first-order valence-corrected chi connectivity index (χ1v) is 11.4. The molecule has 4 rings (SSSR count). The molecule has 1 heterocycles. The zero-order valence-corrected chi connectivity index (χ0v) is 19.3. The van der Waals surface area contributed by atoms with Gasteiger partial charge in [-0.05, 0) is 49.2 Å². The standard InChI is InChI=1S/C27H24F2N2O5/c28-19-10-11-21(22(29)16-19)26(33)31-14-12-18(13-15-31)27(34)35-17-25(32)30-23-8-4-5-9-24(23)36-20-6-2-1-3-7-20/h1-11,16,18H,12-15,17H2,(H,30,32). The number of likely N-dealkylation sites (tertiary alicyclic amines) is 1. The molecule has 2 amide bonds. The number of rotatable bonds is 7. The van der Waals surface area contributed by atoms with Crippen molar-refractivity contribution >= 4 is 23.5 Å². The maximum absolute atomic E-state index is 13.9. The summed E-state index contributed by atoms with van der Waals surface area (Å²) >= 11 is 0. The zero-order chi connectivity index (χ0) is 25.5. The lowest BCUT2D eigenvalue weighted by Gasteiger charge is -2.31. The Labute approximate surface area is 206 Å². The third kappa shape index (κ3) is 6.24. The van der Waals surface area contributed by atoms with Gasteiger partial charge in [-0.25, -0.2) is 8.78 Å². The fourth-order valence-corrected chi connectivity index (χ4v) is 3.87. The topological polar surface area (TPSA) is 84.9 Å². The average Bonchev–Trinajstić information content (AvgIpc) is 2.89. The molecular weight excluding hydrogens is 470 g/mol. The van der Waals surface area contributed by atoms with Crippen molar-refractivity contribution in [2.45, 2.75) is 12.8 Å². The molecule has 0 bridgehead atoms. The predicted octanol–water partition coefficient (Wildman–Crippen LogP) is 4.79. The fraction of sp³-hybridized carbons (Fsp3) is 0.222. The Morgan fingerprint density at radius 3 is 2.33 bits per heavy atom. The third-order valence-corrected chi connectivity index (χ3v) is 5.75. The Morgan fingerprint density at radius 2 is 1.61 bits per heavy atom. The number of amides is 2. The molecule has 7 nitrogen and oxygen atoms in total. The molecule has 0 aromatic heterocycles. The minimum Gasteiger partial charge on any atom is -0.455 e. The van der Waals surface area contributed by atoms with Crippen LogP contribution in [0.3, 0.4) is 0 Å². The summed E-state index contributed by atoms with van der Waals surface area (Å²) in [7, 11) is 0. The quantitative estimate of drug-likeness (QED) is 0.478. The summed E-state index contributed by atoms with van der Waals surface area (Å²) in [4.78, 5) is 38.8. The molecule has 0 aliphatic carbocycles. The molecule has 0 unspecified atom stereocenters. The first kappa shape index (κ1) is 24.8. The zero-order valence-electron chi connectivity index (χ0n) is 19.3. The monoisotopic (exact) mass is 494 g/mol. The summed E-state index contributed by atoms with van der Waals surface area (Å²) in [6.45, 7) is -0.0456. The average molecular weight is 494 g/mol. The van der Waals surface area contributed by atoms with Crippen LogP contribution in [-0.2, 0) is 14.3 Å². The number of hydrogen-bond acceptors (Lipinski definition) is 5. The van der Waals surface area contributed by atoms with Crippen LogP contribution in [-0.4, -0.2) is 42.4 Å². The Kier molecular flexibility index (Phi) is 7.89. The number of piperidine rings is 1. The van der Waals surface area contributed by atoms with E-state index in [0.717, 1.165) is 12.1 Å². The largest absolute Gasteiger partial charge is 0.455 e. The number of esters is 1. The second kappa shape index (κ2) is 11.4. The van der Waals surface area contributed by atoms with E-state index >= 15 is 0 Å². The van der Waals surface area contributed by atoms with Crippen molar-refractivity contribution in [3.05, 3.63) is 90.0 Å². The van der Waals surface area contributed by atoms with Crippen LogP contribution in [0.4, 0.5) is 14.5 Å². The summed E-state index contributed by atoms with van der Waals surface area (Å²) in [5, 5.41) is 2.68. The van der Waals surface area contributed by atoms with Crippen molar-refractivity contribution < 1.29 is 32.6 Å². The number of para-hydroxylation sites is 3. The number of halogens is 2. The molecule has 36 heavy (non-hydrogen) atoms. The number of nitrogens with one attached hydrogen (secondary N) is 1. The second-order valence-electron chi connectivity index (χ2n) is 8.26. The molecule has 1 N–H and O–H groups in total. The van der Waals surface area contributed by atoms with Gasteiger partial charge in [0.05, 0.1) is 17.2 Å². The normalized spacial score (nSPS) is 13.7. The molecule has 3 aromatic rings. The Hall–Kier alpha value is -4.27. The summed E-state index contributed by atoms with van der Waals surface area (Å²) in [6.07, 6.45) is 0.617. The summed E-state index contributed by atoms with van der Waals surface area (Å²) in [6, 6.07) is 18.8. The molecule has 0 saturated carbocycles. The molecule has 1 saturated heterocycles. The van der Waals surface area contributed by atoms with Crippen molar-refractivity contribution in [1.82, 2.24) is 4.90 Å². The number of carbonyl (C=O) groups excluding carboxylic acids is 3. The minimum atomic E-state index is -0.928. The van der Waals surface area contributed by atoms with E-state index in [1.165, 1.54) is 4.90 Å². The summed E-state index contributed by atoms with van der Waals surface area (Å²) < 4.78 is 38.0. The van der Waals surface area contributed by atoms with Gasteiger partial charge in [-0.3, -0.25) is 14.4 Å². The van der Waals surface area contributed by atoms with E-state index < -0.39 is 41.9 Å². The van der Waals surface area contributed by atoms with Crippen LogP contribution >= 0.6 is 0 Å². The molecule has 1 fully saturated rings. The van der Waals surface area contributed by atoms with Crippen molar-refractivity contribution in [2.24, 2.45) is 5.92 Å². The van der Waals surface area contributed by atoms with Crippen molar-refractivity contribution in [1.29, 1.82) is 0 Å². The lowest BCUT2D eigenvalue weighted by molar-refractivity contribution is -0.152. The lowest BCUT2D eigenvalue weighted by Crippen LogP contribution is -2.41. The van der Waals surface area contributed by atoms with E-state index in [1.807, 2.05) is 18.2 Å². The van der Waals surface area contributed by atoms with Crippen LogP contribution in [0.15, 0.2) is 72.8 Å². The maximum Gasteiger partial charge on any atom is 0.309 e. The maximum atomic E-state index is 13.9. The molecule has 0 atom stereocenters. The molecule has 0 radical (unpaired) electrons. The van der Waals surface area contributed by atoms with Crippen LogP contribution in [0, 0.1) is 17.6 Å². The molecule has 9 heteroatoms. The number of ether oxygens (including phenoxy) is 2. The summed E-state index contributed by atoms with van der Waals surface area (Å²) in [5.41, 5.74) is 0.216. The van der Waals surface area contributed by atoms with Gasteiger partial charge in [0, 0.05) is 19.2 Å². The lowest BCUT2D eigenvalue weighted by atomic mass is 9.96. The van der Waals surface area contributed by atoms with E-state index in [0.29, 0.717) is 36.1 Å². The van der Waals surface area contributed by atoms with Crippen LogP contribution in [0.5, 0.6) is 11.5 Å². The Morgan fingerprint density at radius 1 is 0.917 bits per heavy atom. The molecular formula is C27H24F2N2O5. The molecule has 3 aromatic carbocycles. The third-order valence-electron chi connectivity index (χ3n) is 5.75. The SMILES string of the molecule is O=C(COC(=O)C1CCN(C(=O)c2ccc(F)cc2F)CC1)Nc1ccccc1Oc1ccccc1. The van der Waals surface area contributed by atoms with Gasteiger partial charge in [0.1, 0.15) is 17.4 Å². The minimum absolute atomic E-state index is 0.214. The van der Waals surface area contributed by atoms with Gasteiger partial charge in [0.15, 0.2) is 12.4 Å². The van der Waals surface area contributed by atoms with Gasteiger partial charge < -0.3 is 19.7 Å². The number of anilines is 1. The van der Waals surface area contributed by atoms with Crippen molar-refractivity contribution in [3.63, 3.8) is 0 Å². The van der Waals surface area contributed by atoms with Crippen LogP contribution < -0.4 is 10.1 Å². The number of benzene rings is 3. The van der Waals surface area contributed by atoms with Gasteiger partial charge >= 0.3 is 5.97 Å². The highest BCUT2D eigenvalue weighted by Crippen LogP contribution is 2.29. The molecule has 1 aliphatic rings. The van der Waals surface area contributed by atoms with Crippen LogP contribution in [0.25, 0.3) is 0 Å². The highest BCUT2D eigenvalue weighted by atomic mass is 19.1. The Balaban J connectivity index is 1.25. The summed E-state index contributed by atoms with van der Waals surface area (Å²) in [5.74, 6) is -2.75. The van der Waals surface area contributed by atoms with E-state index in [4.69, 9.17) is 9.47 Å². The highest BCUT2D eigenvalue weighted by molar-refractivity contribution is 5.95. The van der Waals surface area contributed by atoms with Gasteiger partial charge in [-0.1, -0.05) is 30.3 Å². The van der Waals surface area contributed by atoms with Gasteiger partial charge in [0.2, 0.25) is 0 Å². The van der Waals surface area contributed by atoms with Gasteiger partial charge in [0.25, 0.3) is 11.8 Å². The molecule has 0 spiro atoms. The van der Waals surface area contributed by atoms with E-state index in [1.54, 1.807) is 36.4 Å². The second-order valence-corrected chi connectivity index (χ2v) is 8.26. The van der Waals surface area contributed by atoms with Crippen LogP contribution in [0.2, 0.25) is 0 Å². The molecule has 186 valence electrons.